The molecule has 1 aliphatic rings. The minimum absolute atomic E-state index is 0.267. The first-order chi connectivity index (χ1) is 9.87. The molecule has 2 rings (SSSR count). The van der Waals surface area contributed by atoms with Crippen LogP contribution < -0.4 is 10.1 Å². The van der Waals surface area contributed by atoms with Gasteiger partial charge in [0.1, 0.15) is 5.75 Å². The molecule has 2 nitrogen and oxygen atoms in total. The molecule has 0 radical (unpaired) electrons. The van der Waals surface area contributed by atoms with E-state index in [9.17, 15) is 8.78 Å². The van der Waals surface area contributed by atoms with Gasteiger partial charge in [0, 0.05) is 18.2 Å². The van der Waals surface area contributed by atoms with E-state index < -0.39 is 6.61 Å². The van der Waals surface area contributed by atoms with Gasteiger partial charge < -0.3 is 10.1 Å². The van der Waals surface area contributed by atoms with E-state index >= 15 is 0 Å². The molecule has 0 saturated heterocycles. The highest BCUT2D eigenvalue weighted by Gasteiger charge is 2.31. The van der Waals surface area contributed by atoms with E-state index in [0.717, 1.165) is 12.0 Å². The molecule has 1 aliphatic carbocycles. The number of halogens is 2. The fraction of sp³-hybridized carbons (Fsp3) is 0.647. The quantitative estimate of drug-likeness (QED) is 0.858. The molecule has 0 aromatic heterocycles. The average Bonchev–Trinajstić information content (AvgIpc) is 2.38. The average molecular weight is 297 g/mol. The number of hydrogen-bond donors (Lipinski definition) is 1. The van der Waals surface area contributed by atoms with E-state index in [-0.39, 0.29) is 5.75 Å². The summed E-state index contributed by atoms with van der Waals surface area (Å²) in [4.78, 5) is 0. The van der Waals surface area contributed by atoms with Gasteiger partial charge in [0.2, 0.25) is 0 Å². The molecule has 0 heterocycles. The Morgan fingerprint density at radius 2 is 2.05 bits per heavy atom. The summed E-state index contributed by atoms with van der Waals surface area (Å²) in [6.45, 7) is 4.68. The van der Waals surface area contributed by atoms with E-state index in [1.807, 2.05) is 12.1 Å². The fourth-order valence-electron chi connectivity index (χ4n) is 3.35. The van der Waals surface area contributed by atoms with Crippen LogP contribution in [0.1, 0.15) is 45.6 Å². The molecule has 0 amide bonds. The normalized spacial score (nSPS) is 25.0. The zero-order valence-corrected chi connectivity index (χ0v) is 13.0. The Balaban J connectivity index is 1.94. The highest BCUT2D eigenvalue weighted by atomic mass is 19.3. The summed E-state index contributed by atoms with van der Waals surface area (Å²) in [6, 6.07) is 7.44. The first kappa shape index (κ1) is 16.2. The molecule has 1 aromatic rings. The number of alkyl halides is 2. The standard InChI is InChI=1S/C17H25F2NO/c1-12-10-17(2,3)9-8-14(12)20-11-13-6-4-5-7-15(13)21-16(18)19/h4-7,12,14,16,20H,8-11H2,1-3H3. The molecule has 1 fully saturated rings. The first-order valence-electron chi connectivity index (χ1n) is 7.63. The second kappa shape index (κ2) is 6.73. The molecule has 4 heteroatoms. The fourth-order valence-corrected chi connectivity index (χ4v) is 3.35. The lowest BCUT2D eigenvalue weighted by Gasteiger charge is -2.39. The Hall–Kier alpha value is -1.16. The van der Waals surface area contributed by atoms with Crippen LogP contribution in [0.5, 0.6) is 5.75 Å². The molecule has 1 aromatic carbocycles. The zero-order chi connectivity index (χ0) is 15.5. The van der Waals surface area contributed by atoms with Gasteiger partial charge in [0.15, 0.2) is 0 Å². The molecule has 21 heavy (non-hydrogen) atoms. The Labute approximate surface area is 125 Å². The number of nitrogens with one attached hydrogen (secondary N) is 1. The molecular weight excluding hydrogens is 272 g/mol. The largest absolute Gasteiger partial charge is 0.434 e. The van der Waals surface area contributed by atoms with Crippen molar-refractivity contribution < 1.29 is 13.5 Å². The van der Waals surface area contributed by atoms with Crippen molar-refractivity contribution in [3.63, 3.8) is 0 Å². The molecule has 0 aliphatic heterocycles. The van der Waals surface area contributed by atoms with Crippen molar-refractivity contribution in [3.05, 3.63) is 29.8 Å². The van der Waals surface area contributed by atoms with Crippen LogP contribution in [0.4, 0.5) is 8.78 Å². The predicted molar refractivity (Wildman–Crippen MR) is 80.5 cm³/mol. The van der Waals surface area contributed by atoms with Crippen LogP contribution in [0.25, 0.3) is 0 Å². The summed E-state index contributed by atoms with van der Waals surface area (Å²) in [5.41, 5.74) is 1.20. The van der Waals surface area contributed by atoms with Crippen molar-refractivity contribution in [3.8, 4) is 5.75 Å². The third-order valence-electron chi connectivity index (χ3n) is 4.44. The molecule has 1 N–H and O–H groups in total. The van der Waals surface area contributed by atoms with Gasteiger partial charge in [-0.3, -0.25) is 0 Å². The Bertz CT molecular complexity index is 462. The summed E-state index contributed by atoms with van der Waals surface area (Å²) in [5.74, 6) is 0.862. The monoisotopic (exact) mass is 297 g/mol. The van der Waals surface area contributed by atoms with Crippen molar-refractivity contribution >= 4 is 0 Å². The summed E-state index contributed by atoms with van der Waals surface area (Å²) in [7, 11) is 0. The lowest BCUT2D eigenvalue weighted by atomic mass is 9.70. The van der Waals surface area contributed by atoms with Crippen LogP contribution in [0.3, 0.4) is 0 Å². The van der Waals surface area contributed by atoms with Crippen molar-refractivity contribution in [2.24, 2.45) is 11.3 Å². The topological polar surface area (TPSA) is 21.3 Å². The minimum atomic E-state index is -2.78. The van der Waals surface area contributed by atoms with E-state index in [0.29, 0.717) is 23.9 Å². The summed E-state index contributed by atoms with van der Waals surface area (Å²) >= 11 is 0. The summed E-state index contributed by atoms with van der Waals surface area (Å²) in [6.07, 6.45) is 3.52. The maximum absolute atomic E-state index is 12.4. The Kier molecular flexibility index (Phi) is 5.20. The van der Waals surface area contributed by atoms with Gasteiger partial charge in [0.05, 0.1) is 0 Å². The van der Waals surface area contributed by atoms with Crippen molar-refractivity contribution in [2.75, 3.05) is 0 Å². The van der Waals surface area contributed by atoms with Crippen LogP contribution in [0.2, 0.25) is 0 Å². The van der Waals surface area contributed by atoms with E-state index in [1.165, 1.54) is 12.8 Å². The Morgan fingerprint density at radius 1 is 1.33 bits per heavy atom. The highest BCUT2D eigenvalue weighted by Crippen LogP contribution is 2.38. The van der Waals surface area contributed by atoms with E-state index in [1.54, 1.807) is 12.1 Å². The zero-order valence-electron chi connectivity index (χ0n) is 13.0. The van der Waals surface area contributed by atoms with Gasteiger partial charge in [-0.15, -0.1) is 0 Å². The second-order valence-corrected chi connectivity index (χ2v) is 6.86. The first-order valence-corrected chi connectivity index (χ1v) is 7.63. The number of rotatable bonds is 5. The number of para-hydroxylation sites is 1. The molecule has 2 unspecified atom stereocenters. The second-order valence-electron chi connectivity index (χ2n) is 6.86. The SMILES string of the molecule is CC1CC(C)(C)CCC1NCc1ccccc1OC(F)F. The third-order valence-corrected chi connectivity index (χ3v) is 4.44. The van der Waals surface area contributed by atoms with Crippen molar-refractivity contribution in [1.82, 2.24) is 5.32 Å². The van der Waals surface area contributed by atoms with Gasteiger partial charge in [-0.2, -0.15) is 8.78 Å². The highest BCUT2D eigenvalue weighted by molar-refractivity contribution is 5.33. The van der Waals surface area contributed by atoms with E-state index in [2.05, 4.69) is 30.8 Å². The van der Waals surface area contributed by atoms with Crippen molar-refractivity contribution in [1.29, 1.82) is 0 Å². The van der Waals surface area contributed by atoms with Gasteiger partial charge in [-0.1, -0.05) is 39.0 Å². The number of ether oxygens (including phenoxy) is 1. The smallest absolute Gasteiger partial charge is 0.387 e. The van der Waals surface area contributed by atoms with Crippen LogP contribution in [0, 0.1) is 11.3 Å². The molecule has 0 bridgehead atoms. The van der Waals surface area contributed by atoms with E-state index in [4.69, 9.17) is 0 Å². The molecular formula is C17H25F2NO. The maximum Gasteiger partial charge on any atom is 0.387 e. The Morgan fingerprint density at radius 3 is 2.71 bits per heavy atom. The number of benzene rings is 1. The summed E-state index contributed by atoms with van der Waals surface area (Å²) < 4.78 is 29.4. The van der Waals surface area contributed by atoms with Gasteiger partial charge >= 0.3 is 6.61 Å². The van der Waals surface area contributed by atoms with Gasteiger partial charge in [-0.05, 0) is 36.7 Å². The maximum atomic E-state index is 12.4. The molecule has 1 saturated carbocycles. The molecule has 2 atom stereocenters. The summed E-state index contributed by atoms with van der Waals surface area (Å²) in [5, 5.41) is 3.51. The van der Waals surface area contributed by atoms with Crippen molar-refractivity contribution in [2.45, 2.75) is 59.2 Å². The number of hydrogen-bond acceptors (Lipinski definition) is 2. The van der Waals surface area contributed by atoms with Gasteiger partial charge in [0.25, 0.3) is 0 Å². The molecule has 0 spiro atoms. The lowest BCUT2D eigenvalue weighted by Crippen LogP contribution is -2.41. The van der Waals surface area contributed by atoms with Crippen LogP contribution in [-0.4, -0.2) is 12.7 Å². The van der Waals surface area contributed by atoms with Crippen LogP contribution >= 0.6 is 0 Å². The lowest BCUT2D eigenvalue weighted by molar-refractivity contribution is -0.0505. The minimum Gasteiger partial charge on any atom is -0.434 e. The van der Waals surface area contributed by atoms with Crippen LogP contribution in [-0.2, 0) is 6.54 Å². The van der Waals surface area contributed by atoms with Crippen LogP contribution in [0.15, 0.2) is 24.3 Å². The predicted octanol–water partition coefficient (Wildman–Crippen LogP) is 4.59. The third kappa shape index (κ3) is 4.67. The van der Waals surface area contributed by atoms with Gasteiger partial charge in [-0.25, -0.2) is 0 Å². The molecule has 118 valence electrons.